The van der Waals surface area contributed by atoms with Crippen LogP contribution in [-0.4, -0.2) is 25.3 Å². The van der Waals surface area contributed by atoms with Gasteiger partial charge in [-0.05, 0) is 55.2 Å². The van der Waals surface area contributed by atoms with Crippen LogP contribution in [0.3, 0.4) is 0 Å². The van der Waals surface area contributed by atoms with E-state index >= 15 is 0 Å². The molecule has 162 valence electrons. The summed E-state index contributed by atoms with van der Waals surface area (Å²) < 4.78 is 31.4. The fraction of sp³-hybridized carbons (Fsp3) is 0.435. The number of halogens is 3. The monoisotopic (exact) mass is 444 g/mol. The van der Waals surface area contributed by atoms with Gasteiger partial charge in [-0.1, -0.05) is 17.7 Å². The van der Waals surface area contributed by atoms with Gasteiger partial charge >= 0.3 is 0 Å². The Morgan fingerprint density at radius 2 is 1.97 bits per heavy atom. The van der Waals surface area contributed by atoms with E-state index in [0.717, 1.165) is 43.7 Å². The van der Waals surface area contributed by atoms with Crippen molar-refractivity contribution >= 4 is 17.4 Å². The van der Waals surface area contributed by atoms with Crippen LogP contribution in [0.4, 0.5) is 8.78 Å². The lowest BCUT2D eigenvalue weighted by atomic mass is 10.0. The molecule has 3 aromatic rings. The second-order valence-corrected chi connectivity index (χ2v) is 9.22. The van der Waals surface area contributed by atoms with E-state index in [1.807, 2.05) is 6.07 Å². The molecule has 2 aromatic heterocycles. The Labute approximate surface area is 184 Å². The van der Waals surface area contributed by atoms with Gasteiger partial charge in [-0.25, -0.2) is 4.68 Å². The number of ketones is 1. The van der Waals surface area contributed by atoms with Gasteiger partial charge in [-0.15, -0.1) is 0 Å². The summed E-state index contributed by atoms with van der Waals surface area (Å²) in [6, 6.07) is 5.36. The number of hydrogen-bond acceptors (Lipinski definition) is 3. The van der Waals surface area contributed by atoms with E-state index in [1.54, 1.807) is 36.3 Å². The van der Waals surface area contributed by atoms with Crippen molar-refractivity contribution in [3.8, 4) is 16.9 Å². The molecule has 0 bridgehead atoms. The number of hydrogen-bond donors (Lipinski definition) is 0. The number of benzene rings is 1. The minimum atomic E-state index is -3.02. The Kier molecular flexibility index (Phi) is 4.77. The fourth-order valence-electron chi connectivity index (χ4n) is 4.08. The zero-order valence-electron chi connectivity index (χ0n) is 17.4. The van der Waals surface area contributed by atoms with Gasteiger partial charge < -0.3 is 0 Å². The molecule has 0 saturated heterocycles. The van der Waals surface area contributed by atoms with Gasteiger partial charge in [0.2, 0.25) is 0 Å². The minimum Gasteiger partial charge on any atom is -0.294 e. The molecule has 0 amide bonds. The molecule has 0 atom stereocenters. The fourth-order valence-corrected chi connectivity index (χ4v) is 4.30. The molecule has 0 radical (unpaired) electrons. The molecular weight excluding hydrogens is 422 g/mol. The predicted molar refractivity (Wildman–Crippen MR) is 114 cm³/mol. The molecule has 2 saturated carbocycles. The molecular formula is C23H23ClF2N4O. The molecule has 0 spiro atoms. The quantitative estimate of drug-likeness (QED) is 0.426. The van der Waals surface area contributed by atoms with E-state index in [2.05, 4.69) is 10.2 Å². The first-order valence-electron chi connectivity index (χ1n) is 10.6. The molecule has 0 aliphatic heterocycles. The number of rotatable bonds is 7. The van der Waals surface area contributed by atoms with Crippen molar-refractivity contribution in [3.63, 3.8) is 0 Å². The molecule has 0 unspecified atom stereocenters. The Balaban J connectivity index is 1.52. The van der Waals surface area contributed by atoms with E-state index in [0.29, 0.717) is 34.3 Å². The van der Waals surface area contributed by atoms with Crippen molar-refractivity contribution in [1.82, 2.24) is 19.6 Å². The van der Waals surface area contributed by atoms with Crippen LogP contribution < -0.4 is 0 Å². The van der Waals surface area contributed by atoms with Crippen LogP contribution >= 0.6 is 11.6 Å². The highest BCUT2D eigenvalue weighted by Gasteiger charge is 2.41. The number of aryl methyl sites for hydroxylation is 1. The molecule has 31 heavy (non-hydrogen) atoms. The van der Waals surface area contributed by atoms with Crippen LogP contribution in [0.5, 0.6) is 0 Å². The molecule has 2 heterocycles. The minimum absolute atomic E-state index is 0.0548. The SMILES string of the molecule is Cn1nc(C(C)(F)F)c(C2CC2)c1-n1cc(-c2ccc(Cl)c(C(=O)CC3CC3)c2)cn1. The average Bonchev–Trinajstić information content (AvgIpc) is 3.62. The smallest absolute Gasteiger partial charge is 0.289 e. The summed E-state index contributed by atoms with van der Waals surface area (Å²) in [7, 11) is 1.66. The van der Waals surface area contributed by atoms with Crippen molar-refractivity contribution in [2.24, 2.45) is 13.0 Å². The Morgan fingerprint density at radius 3 is 2.61 bits per heavy atom. The number of carbonyl (C=O) groups is 1. The number of nitrogens with zero attached hydrogens (tertiary/aromatic N) is 4. The topological polar surface area (TPSA) is 52.7 Å². The molecule has 0 N–H and O–H groups in total. The highest BCUT2D eigenvalue weighted by molar-refractivity contribution is 6.34. The number of aromatic nitrogens is 4. The Morgan fingerprint density at radius 1 is 1.23 bits per heavy atom. The van der Waals surface area contributed by atoms with E-state index in [4.69, 9.17) is 11.6 Å². The first kappa shape index (κ1) is 20.4. The zero-order valence-corrected chi connectivity index (χ0v) is 18.2. The van der Waals surface area contributed by atoms with Gasteiger partial charge in [0.05, 0.1) is 11.2 Å². The maximum Gasteiger partial charge on any atom is 0.289 e. The molecule has 8 heteroatoms. The summed E-state index contributed by atoms with van der Waals surface area (Å²) >= 11 is 6.29. The van der Waals surface area contributed by atoms with E-state index < -0.39 is 5.92 Å². The maximum atomic E-state index is 14.2. The van der Waals surface area contributed by atoms with Gasteiger partial charge in [-0.2, -0.15) is 19.0 Å². The summed E-state index contributed by atoms with van der Waals surface area (Å²) in [5.74, 6) is -1.84. The highest BCUT2D eigenvalue weighted by atomic mass is 35.5. The van der Waals surface area contributed by atoms with Gasteiger partial charge in [0.15, 0.2) is 11.6 Å². The first-order valence-corrected chi connectivity index (χ1v) is 10.9. The van der Waals surface area contributed by atoms with Crippen molar-refractivity contribution in [2.45, 2.75) is 50.9 Å². The Hall–Kier alpha value is -2.54. The molecule has 2 aliphatic carbocycles. The third-order valence-corrected chi connectivity index (χ3v) is 6.35. The average molecular weight is 445 g/mol. The molecule has 1 aromatic carbocycles. The first-order chi connectivity index (χ1) is 14.7. The van der Waals surface area contributed by atoms with E-state index in [9.17, 15) is 13.6 Å². The lowest BCUT2D eigenvalue weighted by Gasteiger charge is -2.10. The van der Waals surface area contributed by atoms with Crippen LogP contribution in [0.15, 0.2) is 30.6 Å². The van der Waals surface area contributed by atoms with Crippen molar-refractivity contribution in [3.05, 3.63) is 52.4 Å². The molecule has 5 rings (SSSR count). The van der Waals surface area contributed by atoms with E-state index in [-0.39, 0.29) is 17.4 Å². The largest absolute Gasteiger partial charge is 0.294 e. The zero-order chi connectivity index (χ0) is 21.9. The summed E-state index contributed by atoms with van der Waals surface area (Å²) in [5, 5.41) is 9.01. The van der Waals surface area contributed by atoms with Crippen LogP contribution in [0.1, 0.15) is 66.6 Å². The van der Waals surface area contributed by atoms with Crippen molar-refractivity contribution in [2.75, 3.05) is 0 Å². The Bertz CT molecular complexity index is 1170. The maximum absolute atomic E-state index is 14.2. The highest BCUT2D eigenvalue weighted by Crippen LogP contribution is 2.47. The van der Waals surface area contributed by atoms with Gasteiger partial charge in [0.1, 0.15) is 5.69 Å². The number of carbonyl (C=O) groups excluding carboxylic acids is 1. The van der Waals surface area contributed by atoms with E-state index in [1.165, 1.54) is 4.68 Å². The lowest BCUT2D eigenvalue weighted by molar-refractivity contribution is 0.0113. The van der Waals surface area contributed by atoms with Crippen LogP contribution in [0.2, 0.25) is 5.02 Å². The van der Waals surface area contributed by atoms with Gasteiger partial charge in [-0.3, -0.25) is 9.48 Å². The van der Waals surface area contributed by atoms with Crippen LogP contribution in [0.25, 0.3) is 16.9 Å². The third-order valence-electron chi connectivity index (χ3n) is 6.02. The van der Waals surface area contributed by atoms with Gasteiger partial charge in [0, 0.05) is 43.3 Å². The summed E-state index contributed by atoms with van der Waals surface area (Å²) in [6.07, 6.45) is 7.94. The third kappa shape index (κ3) is 3.91. The normalized spacial score (nSPS) is 16.7. The van der Waals surface area contributed by atoms with Crippen LogP contribution in [-0.2, 0) is 13.0 Å². The molecule has 2 aliphatic rings. The lowest BCUT2D eigenvalue weighted by Crippen LogP contribution is -2.11. The molecule has 5 nitrogen and oxygen atoms in total. The van der Waals surface area contributed by atoms with Crippen LogP contribution in [0, 0.1) is 5.92 Å². The second kappa shape index (κ2) is 7.26. The number of alkyl halides is 2. The standard InChI is InChI=1S/C23H23ClF2N4O/c1-23(25,26)21-20(14-5-6-14)22(29(2)28-21)30-12-16(11-27-30)15-7-8-18(24)17(10-15)19(31)9-13-3-4-13/h7-8,10-14H,3-6,9H2,1-2H3. The van der Waals surface area contributed by atoms with Crippen molar-refractivity contribution in [1.29, 1.82) is 0 Å². The molecule has 2 fully saturated rings. The summed E-state index contributed by atoms with van der Waals surface area (Å²) in [5.41, 5.74) is 2.51. The predicted octanol–water partition coefficient (Wildman–Crippen LogP) is 5.90. The second-order valence-electron chi connectivity index (χ2n) is 8.81. The van der Waals surface area contributed by atoms with Crippen molar-refractivity contribution < 1.29 is 13.6 Å². The van der Waals surface area contributed by atoms with Gasteiger partial charge in [0.25, 0.3) is 5.92 Å². The number of Topliss-reactive ketones (excluding diaryl/α,β-unsaturated/α-hetero) is 1. The summed E-state index contributed by atoms with van der Waals surface area (Å²) in [6.45, 7) is 0.882. The summed E-state index contributed by atoms with van der Waals surface area (Å²) in [4.78, 5) is 12.6.